The van der Waals surface area contributed by atoms with Crippen molar-refractivity contribution in [2.24, 2.45) is 5.92 Å². The number of rotatable bonds is 8. The van der Waals surface area contributed by atoms with Crippen LogP contribution >= 0.6 is 0 Å². The summed E-state index contributed by atoms with van der Waals surface area (Å²) in [5, 5.41) is 12.6. The molecule has 130 valence electrons. The summed E-state index contributed by atoms with van der Waals surface area (Å²) in [7, 11) is 0. The summed E-state index contributed by atoms with van der Waals surface area (Å²) in [5.74, 6) is 1.84. The molecule has 0 aliphatic heterocycles. The van der Waals surface area contributed by atoms with Crippen molar-refractivity contribution in [1.82, 2.24) is 10.2 Å². The smallest absolute Gasteiger partial charge is 0.255 e. The molecule has 1 heterocycles. The van der Waals surface area contributed by atoms with Gasteiger partial charge in [-0.2, -0.15) is 0 Å². The maximum absolute atomic E-state index is 12.6. The molecule has 1 aromatic heterocycles. The predicted octanol–water partition coefficient (Wildman–Crippen LogP) is 2.71. The Morgan fingerprint density at radius 1 is 1.39 bits per heavy atom. The van der Waals surface area contributed by atoms with Gasteiger partial charge in [-0.1, -0.05) is 20.8 Å². The normalized spacial score (nSPS) is 22.0. The van der Waals surface area contributed by atoms with Crippen LogP contribution in [0.3, 0.4) is 0 Å². The van der Waals surface area contributed by atoms with Gasteiger partial charge in [-0.3, -0.25) is 9.69 Å². The first-order valence-electron chi connectivity index (χ1n) is 8.78. The summed E-state index contributed by atoms with van der Waals surface area (Å²) in [6.07, 6.45) is 2.27. The molecule has 2 rings (SSSR count). The highest BCUT2D eigenvalue weighted by Gasteiger charge is 2.34. The number of carbonyl (C=O) groups is 1. The van der Waals surface area contributed by atoms with Crippen LogP contribution < -0.4 is 5.32 Å². The molecule has 2 N–H and O–H groups in total. The van der Waals surface area contributed by atoms with Crippen LogP contribution in [0.1, 0.15) is 61.9 Å². The monoisotopic (exact) mass is 322 g/mol. The van der Waals surface area contributed by atoms with Crippen molar-refractivity contribution in [3.8, 4) is 0 Å². The van der Waals surface area contributed by atoms with E-state index in [1.807, 2.05) is 13.0 Å². The molecule has 0 unspecified atom stereocenters. The largest absolute Gasteiger partial charge is 0.464 e. The first kappa shape index (κ1) is 18.0. The number of aliphatic hydroxyl groups is 1. The lowest BCUT2D eigenvalue weighted by Crippen LogP contribution is -2.46. The number of nitrogens with zero attached hydrogens (tertiary/aromatic N) is 1. The molecule has 0 radical (unpaired) electrons. The number of aliphatic hydroxyl groups excluding tert-OH is 1. The van der Waals surface area contributed by atoms with Gasteiger partial charge in [0.1, 0.15) is 11.5 Å². The van der Waals surface area contributed by atoms with Crippen LogP contribution in [0.15, 0.2) is 10.5 Å². The average Bonchev–Trinajstić information content (AvgIpc) is 2.88. The van der Waals surface area contributed by atoms with Gasteiger partial charge in [0.2, 0.25) is 0 Å². The highest BCUT2D eigenvalue weighted by atomic mass is 16.3. The fourth-order valence-electron chi connectivity index (χ4n) is 3.27. The van der Waals surface area contributed by atoms with Crippen LogP contribution in [0.5, 0.6) is 0 Å². The number of furan rings is 1. The predicted molar refractivity (Wildman–Crippen MR) is 90.3 cm³/mol. The summed E-state index contributed by atoms with van der Waals surface area (Å²) < 4.78 is 5.76. The Bertz CT molecular complexity index is 516. The van der Waals surface area contributed by atoms with Crippen molar-refractivity contribution in [1.29, 1.82) is 0 Å². The molecule has 1 saturated carbocycles. The van der Waals surface area contributed by atoms with Crippen LogP contribution in [0.2, 0.25) is 0 Å². The Hall–Kier alpha value is -1.33. The van der Waals surface area contributed by atoms with Crippen molar-refractivity contribution < 1.29 is 14.3 Å². The van der Waals surface area contributed by atoms with Gasteiger partial charge in [0.15, 0.2) is 0 Å². The van der Waals surface area contributed by atoms with Crippen LogP contribution in [-0.2, 0) is 6.54 Å². The van der Waals surface area contributed by atoms with Crippen LogP contribution in [0.4, 0.5) is 0 Å². The summed E-state index contributed by atoms with van der Waals surface area (Å²) >= 11 is 0. The molecule has 1 aliphatic carbocycles. The maximum atomic E-state index is 12.6. The standard InChI is InChI=1S/C18H30N2O3/c1-5-17(13-8-14(21)9-13)19-18(22)16-10-15(23-12(16)4)11-20(6-2)7-3/h10,13-14,17,21H,5-9,11H2,1-4H3,(H,19,22)/t13?,14?,17-/m1/s1. The lowest BCUT2D eigenvalue weighted by molar-refractivity contribution is 0.0232. The number of amides is 1. The summed E-state index contributed by atoms with van der Waals surface area (Å²) in [5.41, 5.74) is 0.630. The number of aryl methyl sites for hydroxylation is 1. The highest BCUT2D eigenvalue weighted by Crippen LogP contribution is 2.31. The van der Waals surface area contributed by atoms with Gasteiger partial charge >= 0.3 is 0 Å². The van der Waals surface area contributed by atoms with Crippen molar-refractivity contribution in [2.45, 2.75) is 65.6 Å². The number of carbonyl (C=O) groups excluding carboxylic acids is 1. The molecule has 0 spiro atoms. The molecule has 0 aromatic carbocycles. The lowest BCUT2D eigenvalue weighted by Gasteiger charge is -2.37. The molecule has 5 nitrogen and oxygen atoms in total. The molecular formula is C18H30N2O3. The topological polar surface area (TPSA) is 65.7 Å². The molecule has 1 fully saturated rings. The van der Waals surface area contributed by atoms with Gasteiger partial charge in [-0.15, -0.1) is 0 Å². The summed E-state index contributed by atoms with van der Waals surface area (Å²) in [6, 6.07) is 2.00. The van der Waals surface area contributed by atoms with Gasteiger partial charge in [0.05, 0.1) is 18.2 Å². The Morgan fingerprint density at radius 2 is 2.04 bits per heavy atom. The summed E-state index contributed by atoms with van der Waals surface area (Å²) in [6.45, 7) is 10.8. The number of hydrogen-bond acceptors (Lipinski definition) is 4. The maximum Gasteiger partial charge on any atom is 0.255 e. The number of hydrogen-bond donors (Lipinski definition) is 2. The van der Waals surface area contributed by atoms with E-state index >= 15 is 0 Å². The SMILES string of the molecule is CC[C@@H](NC(=O)c1cc(CN(CC)CC)oc1C)C1CC(O)C1. The van der Waals surface area contributed by atoms with Gasteiger partial charge in [0.25, 0.3) is 5.91 Å². The van der Waals surface area contributed by atoms with E-state index in [2.05, 4.69) is 31.0 Å². The quantitative estimate of drug-likeness (QED) is 0.772. The second-order valence-corrected chi connectivity index (χ2v) is 6.52. The third-order valence-corrected chi connectivity index (χ3v) is 4.96. The molecule has 23 heavy (non-hydrogen) atoms. The van der Waals surface area contributed by atoms with Crippen molar-refractivity contribution in [2.75, 3.05) is 13.1 Å². The third kappa shape index (κ3) is 4.36. The lowest BCUT2D eigenvalue weighted by atomic mass is 9.76. The minimum Gasteiger partial charge on any atom is -0.464 e. The zero-order valence-electron chi connectivity index (χ0n) is 14.8. The van der Waals surface area contributed by atoms with E-state index in [-0.39, 0.29) is 18.1 Å². The van der Waals surface area contributed by atoms with Gasteiger partial charge in [-0.05, 0) is 51.3 Å². The zero-order valence-corrected chi connectivity index (χ0v) is 14.8. The second kappa shape index (κ2) is 7.97. The molecule has 1 atom stereocenters. The molecular weight excluding hydrogens is 292 g/mol. The van der Waals surface area contributed by atoms with Gasteiger partial charge in [-0.25, -0.2) is 0 Å². The molecule has 1 amide bonds. The minimum absolute atomic E-state index is 0.0645. The van der Waals surface area contributed by atoms with Gasteiger partial charge in [0, 0.05) is 6.04 Å². The van der Waals surface area contributed by atoms with Crippen LogP contribution in [0.25, 0.3) is 0 Å². The van der Waals surface area contributed by atoms with E-state index in [4.69, 9.17) is 4.42 Å². The average molecular weight is 322 g/mol. The van der Waals surface area contributed by atoms with Crippen molar-refractivity contribution in [3.05, 3.63) is 23.2 Å². The van der Waals surface area contributed by atoms with Crippen LogP contribution in [0, 0.1) is 12.8 Å². The molecule has 0 bridgehead atoms. The highest BCUT2D eigenvalue weighted by molar-refractivity contribution is 5.95. The van der Waals surface area contributed by atoms with E-state index in [9.17, 15) is 9.90 Å². The van der Waals surface area contributed by atoms with Gasteiger partial charge < -0.3 is 14.8 Å². The minimum atomic E-state index is -0.192. The fourth-order valence-corrected chi connectivity index (χ4v) is 3.27. The first-order chi connectivity index (χ1) is 11.0. The van der Waals surface area contributed by atoms with E-state index in [1.54, 1.807) is 0 Å². The van der Waals surface area contributed by atoms with E-state index in [1.165, 1.54) is 0 Å². The zero-order chi connectivity index (χ0) is 17.0. The Morgan fingerprint density at radius 3 is 2.57 bits per heavy atom. The molecule has 5 heteroatoms. The third-order valence-electron chi connectivity index (χ3n) is 4.96. The van der Waals surface area contributed by atoms with Crippen molar-refractivity contribution >= 4 is 5.91 Å². The molecule has 0 saturated heterocycles. The fraction of sp³-hybridized carbons (Fsp3) is 0.722. The Kier molecular flexibility index (Phi) is 6.25. The van der Waals surface area contributed by atoms with Crippen molar-refractivity contribution in [3.63, 3.8) is 0 Å². The summed E-state index contributed by atoms with van der Waals surface area (Å²) in [4.78, 5) is 14.8. The van der Waals surface area contributed by atoms with E-state index in [0.717, 1.165) is 44.7 Å². The first-order valence-corrected chi connectivity index (χ1v) is 8.78. The number of nitrogens with one attached hydrogen (secondary N) is 1. The van der Waals surface area contributed by atoms with E-state index in [0.29, 0.717) is 17.2 Å². The Labute approximate surface area is 139 Å². The molecule has 1 aromatic rings. The van der Waals surface area contributed by atoms with Crippen LogP contribution in [-0.4, -0.2) is 41.1 Å². The molecule has 1 aliphatic rings. The van der Waals surface area contributed by atoms with E-state index < -0.39 is 0 Å². The second-order valence-electron chi connectivity index (χ2n) is 6.52. The Balaban J connectivity index is 2.00.